The van der Waals surface area contributed by atoms with Crippen LogP contribution in [0.1, 0.15) is 49.8 Å². The Morgan fingerprint density at radius 1 is 1.39 bits per heavy atom. The summed E-state index contributed by atoms with van der Waals surface area (Å²) in [5.41, 5.74) is 2.87. The standard InChI is InChI=1S/C16H23NO/c1-2-9-17-16(12-5-6-12)14-7-8-15-13(11-14)4-3-10-18-15/h7-8,11-12,16-17H,2-6,9-10H2,1H3. The van der Waals surface area contributed by atoms with Crippen molar-refractivity contribution < 1.29 is 4.74 Å². The molecule has 2 aliphatic rings. The predicted octanol–water partition coefficient (Wildman–Crippen LogP) is 3.46. The molecule has 18 heavy (non-hydrogen) atoms. The number of aryl methyl sites for hydroxylation is 1. The van der Waals surface area contributed by atoms with Crippen LogP contribution >= 0.6 is 0 Å². The Balaban J connectivity index is 1.80. The van der Waals surface area contributed by atoms with Crippen LogP contribution in [0.4, 0.5) is 0 Å². The van der Waals surface area contributed by atoms with Gasteiger partial charge in [0.2, 0.25) is 0 Å². The first-order valence-electron chi connectivity index (χ1n) is 7.37. The molecule has 1 atom stereocenters. The van der Waals surface area contributed by atoms with Gasteiger partial charge in [-0.2, -0.15) is 0 Å². The molecule has 1 N–H and O–H groups in total. The lowest BCUT2D eigenvalue weighted by Crippen LogP contribution is -2.24. The second kappa shape index (κ2) is 5.31. The van der Waals surface area contributed by atoms with Crippen molar-refractivity contribution in [1.82, 2.24) is 5.32 Å². The number of nitrogens with one attached hydrogen (secondary N) is 1. The smallest absolute Gasteiger partial charge is 0.122 e. The van der Waals surface area contributed by atoms with E-state index >= 15 is 0 Å². The SMILES string of the molecule is CCCNC(c1ccc2c(c1)CCCO2)C1CC1. The van der Waals surface area contributed by atoms with E-state index in [2.05, 4.69) is 30.4 Å². The van der Waals surface area contributed by atoms with Crippen molar-refractivity contribution in [3.05, 3.63) is 29.3 Å². The zero-order valence-corrected chi connectivity index (χ0v) is 11.2. The van der Waals surface area contributed by atoms with Crippen LogP contribution in [0.3, 0.4) is 0 Å². The predicted molar refractivity (Wildman–Crippen MR) is 74.0 cm³/mol. The number of rotatable bonds is 5. The highest BCUT2D eigenvalue weighted by Gasteiger charge is 2.32. The van der Waals surface area contributed by atoms with Crippen molar-refractivity contribution in [3.63, 3.8) is 0 Å². The minimum atomic E-state index is 0.567. The molecule has 0 bridgehead atoms. The summed E-state index contributed by atoms with van der Waals surface area (Å²) < 4.78 is 5.70. The third-order valence-corrected chi connectivity index (χ3v) is 4.00. The number of fused-ring (bicyclic) bond motifs is 1. The second-order valence-electron chi connectivity index (χ2n) is 5.59. The third-order valence-electron chi connectivity index (χ3n) is 4.00. The van der Waals surface area contributed by atoms with Crippen LogP contribution in [0.15, 0.2) is 18.2 Å². The maximum atomic E-state index is 5.70. The molecule has 1 aromatic carbocycles. The van der Waals surface area contributed by atoms with Crippen molar-refractivity contribution in [2.24, 2.45) is 5.92 Å². The molecule has 2 heteroatoms. The molecule has 1 saturated carbocycles. The topological polar surface area (TPSA) is 21.3 Å². The molecule has 1 aliphatic carbocycles. The van der Waals surface area contributed by atoms with Crippen molar-refractivity contribution >= 4 is 0 Å². The summed E-state index contributed by atoms with van der Waals surface area (Å²) >= 11 is 0. The number of hydrogen-bond donors (Lipinski definition) is 1. The molecule has 0 saturated heterocycles. The van der Waals surface area contributed by atoms with Gasteiger partial charge in [0.1, 0.15) is 5.75 Å². The molecule has 1 aliphatic heterocycles. The molecule has 2 nitrogen and oxygen atoms in total. The average Bonchev–Trinajstić information content (AvgIpc) is 3.24. The van der Waals surface area contributed by atoms with Crippen molar-refractivity contribution in [1.29, 1.82) is 0 Å². The summed E-state index contributed by atoms with van der Waals surface area (Å²) in [6.07, 6.45) is 6.31. The van der Waals surface area contributed by atoms with Gasteiger partial charge in [-0.15, -0.1) is 0 Å². The first-order valence-corrected chi connectivity index (χ1v) is 7.37. The van der Waals surface area contributed by atoms with Crippen LogP contribution < -0.4 is 10.1 Å². The van der Waals surface area contributed by atoms with Crippen LogP contribution in [0, 0.1) is 5.92 Å². The summed E-state index contributed by atoms with van der Waals surface area (Å²) in [6.45, 7) is 4.24. The number of hydrogen-bond acceptors (Lipinski definition) is 2. The molecule has 0 radical (unpaired) electrons. The summed E-state index contributed by atoms with van der Waals surface area (Å²) in [5.74, 6) is 1.97. The highest BCUT2D eigenvalue weighted by molar-refractivity contribution is 5.40. The van der Waals surface area contributed by atoms with Gasteiger partial charge in [-0.1, -0.05) is 19.1 Å². The molecular weight excluding hydrogens is 222 g/mol. The Bertz CT molecular complexity index is 412. The third kappa shape index (κ3) is 2.54. The van der Waals surface area contributed by atoms with Crippen LogP contribution in [-0.2, 0) is 6.42 Å². The number of benzene rings is 1. The first-order chi connectivity index (χ1) is 8.88. The van der Waals surface area contributed by atoms with E-state index in [4.69, 9.17) is 4.74 Å². The molecule has 98 valence electrons. The minimum absolute atomic E-state index is 0.567. The fraction of sp³-hybridized carbons (Fsp3) is 0.625. The van der Waals surface area contributed by atoms with E-state index in [0.29, 0.717) is 6.04 Å². The van der Waals surface area contributed by atoms with E-state index in [-0.39, 0.29) is 0 Å². The lowest BCUT2D eigenvalue weighted by molar-refractivity contribution is 0.288. The van der Waals surface area contributed by atoms with E-state index in [0.717, 1.165) is 31.2 Å². The van der Waals surface area contributed by atoms with Gasteiger partial charge in [-0.05, 0) is 61.8 Å². The van der Waals surface area contributed by atoms with Gasteiger partial charge < -0.3 is 10.1 Å². The van der Waals surface area contributed by atoms with Gasteiger partial charge in [-0.25, -0.2) is 0 Å². The minimum Gasteiger partial charge on any atom is -0.493 e. The van der Waals surface area contributed by atoms with Gasteiger partial charge in [0.25, 0.3) is 0 Å². The molecular formula is C16H23NO. The summed E-state index contributed by atoms with van der Waals surface area (Å²) in [4.78, 5) is 0. The molecule has 1 heterocycles. The summed E-state index contributed by atoms with van der Waals surface area (Å²) in [5, 5.41) is 3.71. The molecule has 1 unspecified atom stereocenters. The normalized spacial score (nSPS) is 20.1. The average molecular weight is 245 g/mol. The molecule has 1 fully saturated rings. The summed E-state index contributed by atoms with van der Waals surface area (Å²) in [6, 6.07) is 7.38. The highest BCUT2D eigenvalue weighted by atomic mass is 16.5. The van der Waals surface area contributed by atoms with Gasteiger partial charge in [-0.3, -0.25) is 0 Å². The molecule has 0 amide bonds. The maximum absolute atomic E-state index is 5.70. The largest absolute Gasteiger partial charge is 0.493 e. The Hall–Kier alpha value is -1.02. The monoisotopic (exact) mass is 245 g/mol. The van der Waals surface area contributed by atoms with Gasteiger partial charge >= 0.3 is 0 Å². The van der Waals surface area contributed by atoms with Crippen molar-refractivity contribution in [2.45, 2.75) is 45.1 Å². The number of ether oxygens (including phenoxy) is 1. The van der Waals surface area contributed by atoms with Crippen LogP contribution in [0.25, 0.3) is 0 Å². The Kier molecular flexibility index (Phi) is 3.55. The fourth-order valence-corrected chi connectivity index (χ4v) is 2.86. The van der Waals surface area contributed by atoms with Crippen LogP contribution in [0.5, 0.6) is 5.75 Å². The molecule has 1 aromatic rings. The fourth-order valence-electron chi connectivity index (χ4n) is 2.86. The molecule has 3 rings (SSSR count). The van der Waals surface area contributed by atoms with E-state index in [1.807, 2.05) is 0 Å². The Labute approximate surface area is 110 Å². The van der Waals surface area contributed by atoms with E-state index in [9.17, 15) is 0 Å². The van der Waals surface area contributed by atoms with Gasteiger partial charge in [0, 0.05) is 6.04 Å². The second-order valence-corrected chi connectivity index (χ2v) is 5.59. The first kappa shape index (κ1) is 12.0. The Morgan fingerprint density at radius 2 is 2.28 bits per heavy atom. The maximum Gasteiger partial charge on any atom is 0.122 e. The quantitative estimate of drug-likeness (QED) is 0.857. The van der Waals surface area contributed by atoms with Crippen LogP contribution in [-0.4, -0.2) is 13.2 Å². The zero-order chi connectivity index (χ0) is 12.4. The zero-order valence-electron chi connectivity index (χ0n) is 11.2. The van der Waals surface area contributed by atoms with Crippen LogP contribution in [0.2, 0.25) is 0 Å². The van der Waals surface area contributed by atoms with Crippen molar-refractivity contribution in [2.75, 3.05) is 13.2 Å². The lowest BCUT2D eigenvalue weighted by Gasteiger charge is -2.22. The van der Waals surface area contributed by atoms with E-state index in [1.54, 1.807) is 0 Å². The molecule has 0 aromatic heterocycles. The molecule has 0 spiro atoms. The lowest BCUT2D eigenvalue weighted by atomic mass is 9.97. The van der Waals surface area contributed by atoms with Gasteiger partial charge in [0.15, 0.2) is 0 Å². The highest BCUT2D eigenvalue weighted by Crippen LogP contribution is 2.42. The van der Waals surface area contributed by atoms with E-state index < -0.39 is 0 Å². The summed E-state index contributed by atoms with van der Waals surface area (Å²) in [7, 11) is 0. The van der Waals surface area contributed by atoms with E-state index in [1.165, 1.54) is 36.8 Å². The van der Waals surface area contributed by atoms with Gasteiger partial charge in [0.05, 0.1) is 6.61 Å². The van der Waals surface area contributed by atoms with Crippen molar-refractivity contribution in [3.8, 4) is 5.75 Å². The Morgan fingerprint density at radius 3 is 3.06 bits per heavy atom.